The van der Waals surface area contributed by atoms with E-state index in [4.69, 9.17) is 0 Å². The number of para-hydroxylation sites is 1. The molecule has 1 amide bonds. The number of nitrogens with one attached hydrogen (secondary N) is 1. The number of hydrogen-bond acceptors (Lipinski definition) is 1. The highest BCUT2D eigenvalue weighted by Gasteiger charge is 2.16. The smallest absolute Gasteiger partial charge is 0.231 e. The number of rotatable bonds is 6. The molecule has 0 fully saturated rings. The first-order valence-electron chi connectivity index (χ1n) is 8.48. The van der Waals surface area contributed by atoms with Crippen LogP contribution in [0.2, 0.25) is 0 Å². The molecule has 23 heavy (non-hydrogen) atoms. The van der Waals surface area contributed by atoms with E-state index >= 15 is 0 Å². The van der Waals surface area contributed by atoms with E-state index < -0.39 is 0 Å². The van der Waals surface area contributed by atoms with Crippen LogP contribution in [0.15, 0.2) is 48.5 Å². The van der Waals surface area contributed by atoms with Gasteiger partial charge in [0.15, 0.2) is 0 Å². The first-order valence-corrected chi connectivity index (χ1v) is 8.48. The molecule has 0 saturated carbocycles. The number of anilines is 1. The molecule has 0 aliphatic rings. The fraction of sp³-hybridized carbons (Fsp3) is 0.381. The number of aryl methyl sites for hydroxylation is 1. The molecule has 0 heterocycles. The SMILES string of the molecule is CCc1ccccc1NC(=O)[C@H](C)c1ccc(CC(C)C)cc1. The summed E-state index contributed by atoms with van der Waals surface area (Å²) in [6.07, 6.45) is 1.99. The molecule has 1 N–H and O–H groups in total. The van der Waals surface area contributed by atoms with E-state index in [0.29, 0.717) is 5.92 Å². The highest BCUT2D eigenvalue weighted by molar-refractivity contribution is 5.96. The summed E-state index contributed by atoms with van der Waals surface area (Å²) >= 11 is 0. The van der Waals surface area contributed by atoms with E-state index in [9.17, 15) is 4.79 Å². The predicted octanol–water partition coefficient (Wildman–Crippen LogP) is 5.19. The van der Waals surface area contributed by atoms with Crippen molar-refractivity contribution >= 4 is 11.6 Å². The minimum absolute atomic E-state index is 0.0440. The van der Waals surface area contributed by atoms with Crippen molar-refractivity contribution in [3.05, 3.63) is 65.2 Å². The monoisotopic (exact) mass is 309 g/mol. The van der Waals surface area contributed by atoms with Crippen LogP contribution in [0.1, 0.15) is 50.3 Å². The van der Waals surface area contributed by atoms with E-state index in [1.54, 1.807) is 0 Å². The van der Waals surface area contributed by atoms with Crippen molar-refractivity contribution in [3.63, 3.8) is 0 Å². The van der Waals surface area contributed by atoms with Gasteiger partial charge in [-0.05, 0) is 48.4 Å². The molecule has 2 aromatic rings. The van der Waals surface area contributed by atoms with Crippen LogP contribution in [0.5, 0.6) is 0 Å². The van der Waals surface area contributed by atoms with Gasteiger partial charge in [0.25, 0.3) is 0 Å². The van der Waals surface area contributed by atoms with Gasteiger partial charge >= 0.3 is 0 Å². The topological polar surface area (TPSA) is 29.1 Å². The summed E-state index contributed by atoms with van der Waals surface area (Å²) in [7, 11) is 0. The first-order chi connectivity index (χ1) is 11.0. The molecule has 2 aromatic carbocycles. The maximum Gasteiger partial charge on any atom is 0.231 e. The zero-order chi connectivity index (χ0) is 16.8. The van der Waals surface area contributed by atoms with Gasteiger partial charge < -0.3 is 5.32 Å². The molecular weight excluding hydrogens is 282 g/mol. The third kappa shape index (κ3) is 4.69. The third-order valence-electron chi connectivity index (χ3n) is 4.17. The van der Waals surface area contributed by atoms with Gasteiger partial charge in [0, 0.05) is 5.69 Å². The molecule has 2 heteroatoms. The Morgan fingerprint density at radius 1 is 1.00 bits per heavy atom. The van der Waals surface area contributed by atoms with Crippen molar-refractivity contribution in [1.29, 1.82) is 0 Å². The minimum Gasteiger partial charge on any atom is -0.325 e. The van der Waals surface area contributed by atoms with Crippen LogP contribution in [-0.4, -0.2) is 5.91 Å². The second kappa shape index (κ2) is 7.96. The molecule has 0 saturated heterocycles. The van der Waals surface area contributed by atoms with Crippen LogP contribution in [0.4, 0.5) is 5.69 Å². The summed E-state index contributed by atoms with van der Waals surface area (Å²) in [4.78, 5) is 12.5. The fourth-order valence-corrected chi connectivity index (χ4v) is 2.76. The molecule has 1 atom stereocenters. The molecular formula is C21H27NO. The van der Waals surface area contributed by atoms with Crippen LogP contribution in [-0.2, 0) is 17.6 Å². The number of carbonyl (C=O) groups excluding carboxylic acids is 1. The van der Waals surface area contributed by atoms with E-state index in [2.05, 4.69) is 56.4 Å². The van der Waals surface area contributed by atoms with E-state index in [0.717, 1.165) is 24.1 Å². The van der Waals surface area contributed by atoms with Crippen molar-refractivity contribution in [2.24, 2.45) is 5.92 Å². The zero-order valence-electron chi connectivity index (χ0n) is 14.6. The Labute approximate surface area is 139 Å². The molecule has 2 rings (SSSR count). The lowest BCUT2D eigenvalue weighted by atomic mass is 9.96. The fourth-order valence-electron chi connectivity index (χ4n) is 2.76. The van der Waals surface area contributed by atoms with Crippen LogP contribution < -0.4 is 5.32 Å². The van der Waals surface area contributed by atoms with Crippen LogP contribution in [0.25, 0.3) is 0 Å². The third-order valence-corrected chi connectivity index (χ3v) is 4.17. The number of benzene rings is 2. The Morgan fingerprint density at radius 2 is 1.65 bits per heavy atom. The van der Waals surface area contributed by atoms with Crippen LogP contribution in [0, 0.1) is 5.92 Å². The Balaban J connectivity index is 2.07. The summed E-state index contributed by atoms with van der Waals surface area (Å²) in [5.74, 6) is 0.530. The Morgan fingerprint density at radius 3 is 2.26 bits per heavy atom. The molecule has 0 spiro atoms. The van der Waals surface area contributed by atoms with Crippen molar-refractivity contribution in [1.82, 2.24) is 0 Å². The van der Waals surface area contributed by atoms with Gasteiger partial charge in [-0.25, -0.2) is 0 Å². The van der Waals surface area contributed by atoms with Crippen LogP contribution in [0.3, 0.4) is 0 Å². The normalized spacial score (nSPS) is 12.2. The van der Waals surface area contributed by atoms with E-state index in [1.165, 1.54) is 11.1 Å². The maximum absolute atomic E-state index is 12.5. The molecule has 0 aliphatic heterocycles. The summed E-state index contributed by atoms with van der Waals surface area (Å²) in [6, 6.07) is 16.4. The lowest BCUT2D eigenvalue weighted by Gasteiger charge is -2.15. The molecule has 0 aliphatic carbocycles. The molecule has 2 nitrogen and oxygen atoms in total. The standard InChI is InChI=1S/C21H27NO/c1-5-18-8-6-7-9-20(18)22-21(23)16(4)19-12-10-17(11-13-19)14-15(2)3/h6-13,15-16H,5,14H2,1-4H3,(H,22,23)/t16-/m1/s1. The van der Waals surface area contributed by atoms with Gasteiger partial charge in [-0.2, -0.15) is 0 Å². The lowest BCUT2D eigenvalue weighted by Crippen LogP contribution is -2.19. The van der Waals surface area contributed by atoms with Gasteiger partial charge in [0.1, 0.15) is 0 Å². The largest absolute Gasteiger partial charge is 0.325 e. The summed E-state index contributed by atoms with van der Waals surface area (Å²) in [6.45, 7) is 8.49. The number of hydrogen-bond donors (Lipinski definition) is 1. The van der Waals surface area contributed by atoms with Crippen molar-refractivity contribution in [3.8, 4) is 0 Å². The van der Waals surface area contributed by atoms with E-state index in [1.807, 2.05) is 25.1 Å². The average molecular weight is 309 g/mol. The molecule has 0 aromatic heterocycles. The quantitative estimate of drug-likeness (QED) is 0.781. The van der Waals surface area contributed by atoms with E-state index in [-0.39, 0.29) is 11.8 Å². The van der Waals surface area contributed by atoms with Gasteiger partial charge in [-0.3, -0.25) is 4.79 Å². The van der Waals surface area contributed by atoms with Gasteiger partial charge in [-0.1, -0.05) is 63.2 Å². The molecule has 0 unspecified atom stereocenters. The summed E-state index contributed by atoms with van der Waals surface area (Å²) in [5.41, 5.74) is 4.47. The molecule has 0 bridgehead atoms. The Hall–Kier alpha value is -2.09. The highest BCUT2D eigenvalue weighted by atomic mass is 16.1. The zero-order valence-corrected chi connectivity index (χ0v) is 14.6. The number of amides is 1. The molecule has 122 valence electrons. The molecule has 0 radical (unpaired) electrons. The summed E-state index contributed by atoms with van der Waals surface area (Å²) in [5, 5.41) is 3.07. The minimum atomic E-state index is -0.159. The van der Waals surface area contributed by atoms with Crippen molar-refractivity contribution in [2.45, 2.75) is 46.5 Å². The van der Waals surface area contributed by atoms with Crippen molar-refractivity contribution < 1.29 is 4.79 Å². The van der Waals surface area contributed by atoms with Crippen molar-refractivity contribution in [2.75, 3.05) is 5.32 Å². The average Bonchev–Trinajstić information content (AvgIpc) is 2.55. The number of carbonyl (C=O) groups is 1. The summed E-state index contributed by atoms with van der Waals surface area (Å²) < 4.78 is 0. The second-order valence-corrected chi connectivity index (χ2v) is 6.56. The second-order valence-electron chi connectivity index (χ2n) is 6.56. The lowest BCUT2D eigenvalue weighted by molar-refractivity contribution is -0.117. The van der Waals surface area contributed by atoms with Gasteiger partial charge in [0.05, 0.1) is 5.92 Å². The highest BCUT2D eigenvalue weighted by Crippen LogP contribution is 2.21. The Kier molecular flexibility index (Phi) is 5.97. The first kappa shape index (κ1) is 17.3. The van der Waals surface area contributed by atoms with Gasteiger partial charge in [-0.15, -0.1) is 0 Å². The maximum atomic E-state index is 12.5. The van der Waals surface area contributed by atoms with Gasteiger partial charge in [0.2, 0.25) is 5.91 Å². The Bertz CT molecular complexity index is 643. The van der Waals surface area contributed by atoms with Crippen LogP contribution >= 0.6 is 0 Å². The predicted molar refractivity (Wildman–Crippen MR) is 97.8 cm³/mol.